The summed E-state index contributed by atoms with van der Waals surface area (Å²) in [5.41, 5.74) is 2.03. The van der Waals surface area contributed by atoms with Gasteiger partial charge in [-0.25, -0.2) is 0 Å². The number of phenolic OH excluding ortho intramolecular Hbond substituents is 1. The SMILES string of the molecule is CCCCCCCC(C)Nc1ccc(O)c(C)c1. The first kappa shape index (κ1) is 14.9. The second-order valence-electron chi connectivity index (χ2n) is 5.25. The number of nitrogens with one attached hydrogen (secondary N) is 1. The molecule has 102 valence electrons. The highest BCUT2D eigenvalue weighted by Crippen LogP contribution is 2.21. The van der Waals surface area contributed by atoms with Crippen LogP contribution in [-0.4, -0.2) is 11.1 Å². The van der Waals surface area contributed by atoms with Gasteiger partial charge < -0.3 is 10.4 Å². The summed E-state index contributed by atoms with van der Waals surface area (Å²) in [6.45, 7) is 6.40. The molecular weight excluding hydrogens is 222 g/mol. The molecule has 0 spiro atoms. The zero-order valence-electron chi connectivity index (χ0n) is 12.0. The molecular formula is C16H27NO. The second kappa shape index (κ2) is 8.02. The monoisotopic (exact) mass is 249 g/mol. The van der Waals surface area contributed by atoms with Crippen LogP contribution in [0.15, 0.2) is 18.2 Å². The van der Waals surface area contributed by atoms with Crippen molar-refractivity contribution in [1.82, 2.24) is 0 Å². The zero-order chi connectivity index (χ0) is 13.4. The van der Waals surface area contributed by atoms with E-state index in [1.165, 1.54) is 38.5 Å². The fourth-order valence-electron chi connectivity index (χ4n) is 2.16. The molecule has 0 amide bonds. The van der Waals surface area contributed by atoms with Crippen LogP contribution in [0, 0.1) is 6.92 Å². The lowest BCUT2D eigenvalue weighted by Crippen LogP contribution is -2.14. The smallest absolute Gasteiger partial charge is 0.118 e. The molecule has 1 aromatic rings. The predicted molar refractivity (Wildman–Crippen MR) is 79.3 cm³/mol. The molecule has 0 fully saturated rings. The lowest BCUT2D eigenvalue weighted by molar-refractivity contribution is 0.471. The highest BCUT2D eigenvalue weighted by molar-refractivity contribution is 5.50. The number of unbranched alkanes of at least 4 members (excludes halogenated alkanes) is 4. The van der Waals surface area contributed by atoms with Gasteiger partial charge in [-0.2, -0.15) is 0 Å². The van der Waals surface area contributed by atoms with Crippen molar-refractivity contribution >= 4 is 5.69 Å². The van der Waals surface area contributed by atoms with Crippen molar-refractivity contribution in [2.75, 3.05) is 5.32 Å². The van der Waals surface area contributed by atoms with E-state index in [1.807, 2.05) is 19.1 Å². The van der Waals surface area contributed by atoms with E-state index < -0.39 is 0 Å². The van der Waals surface area contributed by atoms with Crippen LogP contribution < -0.4 is 5.32 Å². The van der Waals surface area contributed by atoms with E-state index >= 15 is 0 Å². The van der Waals surface area contributed by atoms with Crippen LogP contribution in [0.2, 0.25) is 0 Å². The highest BCUT2D eigenvalue weighted by atomic mass is 16.3. The predicted octanol–water partition coefficient (Wildman–Crippen LogP) is 4.86. The quantitative estimate of drug-likeness (QED) is 0.509. The van der Waals surface area contributed by atoms with E-state index in [0.717, 1.165) is 11.3 Å². The van der Waals surface area contributed by atoms with Gasteiger partial charge in [0.2, 0.25) is 0 Å². The van der Waals surface area contributed by atoms with Crippen LogP contribution in [-0.2, 0) is 0 Å². The molecule has 1 atom stereocenters. The van der Waals surface area contributed by atoms with Gasteiger partial charge >= 0.3 is 0 Å². The van der Waals surface area contributed by atoms with Gasteiger partial charge in [-0.05, 0) is 44.0 Å². The van der Waals surface area contributed by atoms with Crippen LogP contribution >= 0.6 is 0 Å². The molecule has 2 nitrogen and oxygen atoms in total. The number of rotatable bonds is 8. The Labute approximate surface area is 111 Å². The zero-order valence-corrected chi connectivity index (χ0v) is 12.0. The lowest BCUT2D eigenvalue weighted by atomic mass is 10.1. The lowest BCUT2D eigenvalue weighted by Gasteiger charge is -2.15. The molecule has 1 rings (SSSR count). The number of hydrogen-bond donors (Lipinski definition) is 2. The first-order valence-electron chi connectivity index (χ1n) is 7.19. The number of aryl methyl sites for hydroxylation is 1. The van der Waals surface area contributed by atoms with Crippen LogP contribution in [0.5, 0.6) is 5.75 Å². The van der Waals surface area contributed by atoms with E-state index in [-0.39, 0.29) is 0 Å². The highest BCUT2D eigenvalue weighted by Gasteiger charge is 2.03. The van der Waals surface area contributed by atoms with Gasteiger partial charge in [-0.3, -0.25) is 0 Å². The maximum atomic E-state index is 9.47. The number of anilines is 1. The Morgan fingerprint density at radius 1 is 1.17 bits per heavy atom. The molecule has 0 saturated carbocycles. The van der Waals surface area contributed by atoms with Crippen LogP contribution in [0.1, 0.15) is 57.9 Å². The van der Waals surface area contributed by atoms with E-state index in [9.17, 15) is 5.11 Å². The first-order valence-corrected chi connectivity index (χ1v) is 7.19. The van der Waals surface area contributed by atoms with E-state index in [0.29, 0.717) is 11.8 Å². The van der Waals surface area contributed by atoms with Crippen LogP contribution in [0.3, 0.4) is 0 Å². The average Bonchev–Trinajstić information content (AvgIpc) is 2.34. The van der Waals surface area contributed by atoms with Crippen molar-refractivity contribution in [3.8, 4) is 5.75 Å². The largest absolute Gasteiger partial charge is 0.508 e. The summed E-state index contributed by atoms with van der Waals surface area (Å²) in [6, 6.07) is 6.19. The number of aromatic hydroxyl groups is 1. The van der Waals surface area contributed by atoms with Crippen LogP contribution in [0.25, 0.3) is 0 Å². The Morgan fingerprint density at radius 2 is 1.89 bits per heavy atom. The maximum absolute atomic E-state index is 9.47. The Morgan fingerprint density at radius 3 is 2.56 bits per heavy atom. The Hall–Kier alpha value is -1.18. The van der Waals surface area contributed by atoms with Gasteiger partial charge in [0.25, 0.3) is 0 Å². The van der Waals surface area contributed by atoms with Gasteiger partial charge in [0.15, 0.2) is 0 Å². The van der Waals surface area contributed by atoms with Gasteiger partial charge in [0.05, 0.1) is 0 Å². The summed E-state index contributed by atoms with van der Waals surface area (Å²) >= 11 is 0. The third-order valence-electron chi connectivity index (χ3n) is 3.35. The van der Waals surface area contributed by atoms with Crippen molar-refractivity contribution < 1.29 is 5.11 Å². The minimum Gasteiger partial charge on any atom is -0.508 e. The molecule has 0 bridgehead atoms. The molecule has 2 heteroatoms. The normalized spacial score (nSPS) is 12.4. The van der Waals surface area contributed by atoms with Gasteiger partial charge in [0.1, 0.15) is 5.75 Å². The van der Waals surface area contributed by atoms with Crippen molar-refractivity contribution in [2.45, 2.75) is 65.3 Å². The maximum Gasteiger partial charge on any atom is 0.118 e. The Kier molecular flexibility index (Phi) is 6.63. The van der Waals surface area contributed by atoms with E-state index in [4.69, 9.17) is 0 Å². The summed E-state index contributed by atoms with van der Waals surface area (Å²) in [5, 5.41) is 13.0. The fourth-order valence-corrected chi connectivity index (χ4v) is 2.16. The topological polar surface area (TPSA) is 32.3 Å². The summed E-state index contributed by atoms with van der Waals surface area (Å²) in [5.74, 6) is 0.368. The van der Waals surface area contributed by atoms with Gasteiger partial charge in [-0.15, -0.1) is 0 Å². The summed E-state index contributed by atoms with van der Waals surface area (Å²) in [4.78, 5) is 0. The summed E-state index contributed by atoms with van der Waals surface area (Å²) < 4.78 is 0. The van der Waals surface area contributed by atoms with Crippen molar-refractivity contribution in [2.24, 2.45) is 0 Å². The number of benzene rings is 1. The minimum absolute atomic E-state index is 0.368. The summed E-state index contributed by atoms with van der Waals surface area (Å²) in [6.07, 6.45) is 7.88. The van der Waals surface area contributed by atoms with Gasteiger partial charge in [0, 0.05) is 11.7 Å². The number of hydrogen-bond acceptors (Lipinski definition) is 2. The molecule has 0 aliphatic carbocycles. The standard InChI is InChI=1S/C16H27NO/c1-4-5-6-7-8-9-14(3)17-15-10-11-16(18)13(2)12-15/h10-12,14,17-18H,4-9H2,1-3H3. The minimum atomic E-state index is 0.368. The third-order valence-corrected chi connectivity index (χ3v) is 3.35. The van der Waals surface area contributed by atoms with E-state index in [2.05, 4.69) is 19.2 Å². The second-order valence-corrected chi connectivity index (χ2v) is 5.25. The molecule has 0 heterocycles. The van der Waals surface area contributed by atoms with Crippen molar-refractivity contribution in [3.63, 3.8) is 0 Å². The Bertz CT molecular complexity index is 349. The molecule has 1 unspecified atom stereocenters. The van der Waals surface area contributed by atoms with Crippen molar-refractivity contribution in [3.05, 3.63) is 23.8 Å². The molecule has 18 heavy (non-hydrogen) atoms. The number of phenols is 1. The molecule has 1 aromatic carbocycles. The molecule has 0 saturated heterocycles. The van der Waals surface area contributed by atoms with Crippen molar-refractivity contribution in [1.29, 1.82) is 0 Å². The summed E-state index contributed by atoms with van der Waals surface area (Å²) in [7, 11) is 0. The van der Waals surface area contributed by atoms with Crippen LogP contribution in [0.4, 0.5) is 5.69 Å². The molecule has 0 aliphatic heterocycles. The third kappa shape index (κ3) is 5.44. The molecule has 0 aromatic heterocycles. The molecule has 0 radical (unpaired) electrons. The van der Waals surface area contributed by atoms with Gasteiger partial charge in [-0.1, -0.05) is 39.0 Å². The molecule has 2 N–H and O–H groups in total. The Balaban J connectivity index is 2.26. The fraction of sp³-hybridized carbons (Fsp3) is 0.625. The average molecular weight is 249 g/mol. The molecule has 0 aliphatic rings. The first-order chi connectivity index (χ1) is 8.63. The van der Waals surface area contributed by atoms with E-state index in [1.54, 1.807) is 6.07 Å².